The minimum atomic E-state index is -0.874. The Morgan fingerprint density at radius 1 is 1.13 bits per heavy atom. The van der Waals surface area contributed by atoms with Crippen LogP contribution in [0.3, 0.4) is 0 Å². The van der Waals surface area contributed by atoms with E-state index in [1.807, 2.05) is 38.3 Å². The van der Waals surface area contributed by atoms with E-state index in [-0.39, 0.29) is 24.9 Å². The second-order valence-electron chi connectivity index (χ2n) is 9.47. The maximum absolute atomic E-state index is 13.7. The Balaban J connectivity index is 1.62. The number of nitrogens with zero attached hydrogens (tertiary/aromatic N) is 5. The summed E-state index contributed by atoms with van der Waals surface area (Å²) < 4.78 is 16.2. The standard InChI is InChI=1S/C26H30N6O5S/c1-26(2,3)27-25(34)23(21-9-7-13-38-21)31(15-18-8-6-12-37-18)22(33)16-32-29-24(28-30-32)17-10-11-19(35-4)20(14-17)36-5/h6-14,23H,15-16H2,1-5H3,(H,27,34). The van der Waals surface area contributed by atoms with Gasteiger partial charge in [-0.25, -0.2) is 0 Å². The van der Waals surface area contributed by atoms with Gasteiger partial charge in [0.25, 0.3) is 0 Å². The summed E-state index contributed by atoms with van der Waals surface area (Å²) >= 11 is 1.40. The fraction of sp³-hybridized carbons (Fsp3) is 0.346. The van der Waals surface area contributed by atoms with Gasteiger partial charge in [0.2, 0.25) is 17.6 Å². The summed E-state index contributed by atoms with van der Waals surface area (Å²) in [6.07, 6.45) is 1.53. The van der Waals surface area contributed by atoms with E-state index in [0.717, 1.165) is 4.88 Å². The predicted octanol–water partition coefficient (Wildman–Crippen LogP) is 3.70. The summed E-state index contributed by atoms with van der Waals surface area (Å²) in [6.45, 7) is 5.53. The highest BCUT2D eigenvalue weighted by Gasteiger charge is 2.35. The molecule has 1 atom stereocenters. The molecular weight excluding hydrogens is 508 g/mol. The molecule has 38 heavy (non-hydrogen) atoms. The number of amides is 2. The number of hydrogen-bond donors (Lipinski definition) is 1. The van der Waals surface area contributed by atoms with Crippen molar-refractivity contribution in [1.29, 1.82) is 0 Å². The van der Waals surface area contributed by atoms with Gasteiger partial charge in [0, 0.05) is 16.0 Å². The van der Waals surface area contributed by atoms with Crippen molar-refractivity contribution < 1.29 is 23.5 Å². The molecule has 2 amide bonds. The van der Waals surface area contributed by atoms with E-state index in [2.05, 4.69) is 20.7 Å². The van der Waals surface area contributed by atoms with Gasteiger partial charge in [0.1, 0.15) is 18.3 Å². The Morgan fingerprint density at radius 2 is 1.92 bits per heavy atom. The highest BCUT2D eigenvalue weighted by Crippen LogP contribution is 2.31. The summed E-state index contributed by atoms with van der Waals surface area (Å²) in [5, 5.41) is 17.4. The molecule has 0 spiro atoms. The van der Waals surface area contributed by atoms with Gasteiger partial charge in [-0.1, -0.05) is 6.07 Å². The molecule has 0 fully saturated rings. The van der Waals surface area contributed by atoms with E-state index >= 15 is 0 Å². The number of benzene rings is 1. The van der Waals surface area contributed by atoms with Gasteiger partial charge in [-0.15, -0.1) is 21.5 Å². The zero-order valence-corrected chi connectivity index (χ0v) is 22.7. The van der Waals surface area contributed by atoms with E-state index in [1.165, 1.54) is 34.4 Å². The zero-order valence-electron chi connectivity index (χ0n) is 21.9. The predicted molar refractivity (Wildman–Crippen MR) is 141 cm³/mol. The van der Waals surface area contributed by atoms with E-state index in [0.29, 0.717) is 28.6 Å². The lowest BCUT2D eigenvalue weighted by atomic mass is 10.1. The van der Waals surface area contributed by atoms with Crippen molar-refractivity contribution in [3.8, 4) is 22.9 Å². The zero-order chi connectivity index (χ0) is 27.3. The van der Waals surface area contributed by atoms with Gasteiger partial charge in [-0.05, 0) is 67.8 Å². The van der Waals surface area contributed by atoms with Crippen LogP contribution in [0.25, 0.3) is 11.4 Å². The Bertz CT molecular complexity index is 1360. The summed E-state index contributed by atoms with van der Waals surface area (Å²) in [5.74, 6) is 1.28. The minimum Gasteiger partial charge on any atom is -0.493 e. The number of furan rings is 1. The molecule has 0 radical (unpaired) electrons. The van der Waals surface area contributed by atoms with Gasteiger partial charge in [0.15, 0.2) is 11.5 Å². The third-order valence-electron chi connectivity index (χ3n) is 5.47. The molecular formula is C26H30N6O5S. The van der Waals surface area contributed by atoms with E-state index < -0.39 is 11.6 Å². The second-order valence-corrected chi connectivity index (χ2v) is 10.5. The van der Waals surface area contributed by atoms with Crippen LogP contribution in [-0.4, -0.2) is 56.7 Å². The highest BCUT2D eigenvalue weighted by molar-refractivity contribution is 7.10. The van der Waals surface area contributed by atoms with Crippen LogP contribution < -0.4 is 14.8 Å². The number of tetrazole rings is 1. The number of hydrogen-bond acceptors (Lipinski definition) is 9. The Kier molecular flexibility index (Phi) is 8.10. The molecule has 11 nitrogen and oxygen atoms in total. The quantitative estimate of drug-likeness (QED) is 0.324. The molecule has 1 N–H and O–H groups in total. The molecule has 4 aromatic rings. The number of ether oxygens (including phenoxy) is 2. The van der Waals surface area contributed by atoms with Crippen LogP contribution in [0.4, 0.5) is 0 Å². The topological polar surface area (TPSA) is 125 Å². The fourth-order valence-corrected chi connectivity index (χ4v) is 4.65. The number of rotatable bonds is 10. The summed E-state index contributed by atoms with van der Waals surface area (Å²) in [7, 11) is 3.09. The van der Waals surface area contributed by atoms with Crippen molar-refractivity contribution >= 4 is 23.2 Å². The lowest BCUT2D eigenvalue weighted by molar-refractivity contribution is -0.143. The molecule has 200 valence electrons. The number of methoxy groups -OCH3 is 2. The molecule has 1 aromatic carbocycles. The fourth-order valence-electron chi connectivity index (χ4n) is 3.82. The minimum absolute atomic E-state index is 0.0865. The van der Waals surface area contributed by atoms with Crippen LogP contribution in [-0.2, 0) is 22.7 Å². The Hall–Kier alpha value is -4.19. The molecule has 3 aromatic heterocycles. The Morgan fingerprint density at radius 3 is 2.55 bits per heavy atom. The third-order valence-corrected chi connectivity index (χ3v) is 6.39. The van der Waals surface area contributed by atoms with Gasteiger partial charge >= 0.3 is 0 Å². The average Bonchev–Trinajstić information content (AvgIpc) is 3.66. The first-order valence-corrected chi connectivity index (χ1v) is 12.7. The molecule has 0 bridgehead atoms. The van der Waals surface area contributed by atoms with Crippen molar-refractivity contribution in [2.24, 2.45) is 0 Å². The molecule has 3 heterocycles. The summed E-state index contributed by atoms with van der Waals surface area (Å²) in [6, 6.07) is 11.6. The normalized spacial score (nSPS) is 12.1. The van der Waals surface area contributed by atoms with E-state index in [4.69, 9.17) is 13.9 Å². The largest absolute Gasteiger partial charge is 0.493 e. The maximum Gasteiger partial charge on any atom is 0.248 e. The summed E-state index contributed by atoms with van der Waals surface area (Å²) in [5.41, 5.74) is 0.156. The van der Waals surface area contributed by atoms with Crippen LogP contribution in [0.1, 0.15) is 37.5 Å². The first kappa shape index (κ1) is 26.9. The molecule has 1 unspecified atom stereocenters. The second kappa shape index (κ2) is 11.5. The van der Waals surface area contributed by atoms with Crippen LogP contribution in [0, 0.1) is 0 Å². The van der Waals surface area contributed by atoms with Crippen LogP contribution in [0.15, 0.2) is 58.5 Å². The van der Waals surface area contributed by atoms with Crippen molar-refractivity contribution in [3.63, 3.8) is 0 Å². The lowest BCUT2D eigenvalue weighted by Crippen LogP contribution is -2.49. The molecule has 0 saturated carbocycles. The van der Waals surface area contributed by atoms with Crippen molar-refractivity contribution in [1.82, 2.24) is 30.4 Å². The SMILES string of the molecule is COc1ccc(-c2nnn(CC(=O)N(Cc3ccco3)C(C(=O)NC(C)(C)C)c3cccs3)n2)cc1OC. The number of nitrogens with one attached hydrogen (secondary N) is 1. The van der Waals surface area contributed by atoms with Crippen LogP contribution >= 0.6 is 11.3 Å². The third kappa shape index (κ3) is 6.38. The Labute approximate surface area is 224 Å². The first-order chi connectivity index (χ1) is 18.2. The monoisotopic (exact) mass is 538 g/mol. The van der Waals surface area contributed by atoms with Gasteiger partial charge in [-0.3, -0.25) is 9.59 Å². The lowest BCUT2D eigenvalue weighted by Gasteiger charge is -2.32. The summed E-state index contributed by atoms with van der Waals surface area (Å²) in [4.78, 5) is 30.6. The molecule has 0 aliphatic rings. The van der Waals surface area contributed by atoms with Gasteiger partial charge in [-0.2, -0.15) is 4.80 Å². The smallest absolute Gasteiger partial charge is 0.248 e. The van der Waals surface area contributed by atoms with Gasteiger partial charge < -0.3 is 24.1 Å². The van der Waals surface area contributed by atoms with E-state index in [9.17, 15) is 9.59 Å². The highest BCUT2D eigenvalue weighted by atomic mass is 32.1. The van der Waals surface area contributed by atoms with Gasteiger partial charge in [0.05, 0.1) is 27.0 Å². The molecule has 4 rings (SSSR count). The number of thiophene rings is 1. The first-order valence-electron chi connectivity index (χ1n) is 11.9. The van der Waals surface area contributed by atoms with Crippen molar-refractivity contribution in [2.75, 3.05) is 14.2 Å². The van der Waals surface area contributed by atoms with Crippen LogP contribution in [0.2, 0.25) is 0 Å². The average molecular weight is 539 g/mol. The maximum atomic E-state index is 13.7. The van der Waals surface area contributed by atoms with E-state index in [1.54, 1.807) is 37.4 Å². The number of carbonyl (C=O) groups excluding carboxylic acids is 2. The molecule has 0 aliphatic heterocycles. The molecule has 0 saturated heterocycles. The molecule has 0 aliphatic carbocycles. The molecule has 12 heteroatoms. The van der Waals surface area contributed by atoms with Crippen molar-refractivity contribution in [2.45, 2.75) is 45.4 Å². The van der Waals surface area contributed by atoms with Crippen LogP contribution in [0.5, 0.6) is 11.5 Å². The number of aromatic nitrogens is 4. The number of carbonyl (C=O) groups is 2. The van der Waals surface area contributed by atoms with Crippen molar-refractivity contribution in [3.05, 3.63) is 64.7 Å².